The van der Waals surface area contributed by atoms with Crippen LogP contribution in [0.1, 0.15) is 5.56 Å². The molecule has 1 heterocycles. The summed E-state index contributed by atoms with van der Waals surface area (Å²) in [5.74, 6) is 0.222. The second-order valence-electron chi connectivity index (χ2n) is 6.60. The van der Waals surface area contributed by atoms with Crippen LogP contribution in [-0.4, -0.2) is 29.2 Å². The van der Waals surface area contributed by atoms with E-state index in [0.717, 1.165) is 28.5 Å². The van der Waals surface area contributed by atoms with E-state index in [2.05, 4.69) is 0 Å². The number of halogens is 1. The SMILES string of the molecule is O=C1S/C(=C\c2ccc(-c3ccccc3)cc2)C(=O)N1CCOc1ccccc1Cl. The molecule has 0 saturated carbocycles. The Morgan fingerprint density at radius 2 is 1.53 bits per heavy atom. The molecular formula is C24H18ClNO3S. The zero-order valence-corrected chi connectivity index (χ0v) is 17.5. The molecule has 4 rings (SSSR count). The van der Waals surface area contributed by atoms with Gasteiger partial charge in [-0.1, -0.05) is 78.3 Å². The van der Waals surface area contributed by atoms with E-state index in [0.29, 0.717) is 15.7 Å². The van der Waals surface area contributed by atoms with Crippen LogP contribution in [0.15, 0.2) is 83.8 Å². The maximum absolute atomic E-state index is 12.7. The van der Waals surface area contributed by atoms with Crippen molar-refractivity contribution in [1.29, 1.82) is 0 Å². The number of hydrogen-bond donors (Lipinski definition) is 0. The lowest BCUT2D eigenvalue weighted by atomic mass is 10.0. The number of carbonyl (C=O) groups excluding carboxylic acids is 2. The Hall–Kier alpha value is -3.02. The van der Waals surface area contributed by atoms with Crippen molar-refractivity contribution in [3.05, 3.63) is 94.4 Å². The van der Waals surface area contributed by atoms with Gasteiger partial charge in [-0.05, 0) is 46.7 Å². The largest absolute Gasteiger partial charge is 0.490 e. The average molecular weight is 436 g/mol. The molecule has 1 aliphatic rings. The predicted molar refractivity (Wildman–Crippen MR) is 122 cm³/mol. The van der Waals surface area contributed by atoms with Crippen molar-refractivity contribution in [1.82, 2.24) is 4.90 Å². The molecule has 0 aliphatic carbocycles. The molecule has 1 fully saturated rings. The molecule has 0 spiro atoms. The molecule has 4 nitrogen and oxygen atoms in total. The molecule has 30 heavy (non-hydrogen) atoms. The van der Waals surface area contributed by atoms with Gasteiger partial charge in [0.1, 0.15) is 12.4 Å². The molecule has 150 valence electrons. The molecule has 3 aromatic carbocycles. The van der Waals surface area contributed by atoms with Gasteiger partial charge in [0.15, 0.2) is 0 Å². The van der Waals surface area contributed by atoms with Gasteiger partial charge in [-0.3, -0.25) is 14.5 Å². The Balaban J connectivity index is 1.40. The van der Waals surface area contributed by atoms with Gasteiger partial charge in [-0.25, -0.2) is 0 Å². The van der Waals surface area contributed by atoms with Gasteiger partial charge >= 0.3 is 0 Å². The van der Waals surface area contributed by atoms with Gasteiger partial charge in [-0.2, -0.15) is 0 Å². The van der Waals surface area contributed by atoms with Gasteiger partial charge < -0.3 is 4.74 Å². The van der Waals surface area contributed by atoms with Crippen molar-refractivity contribution >= 4 is 40.6 Å². The summed E-state index contributed by atoms with van der Waals surface area (Å²) >= 11 is 7.00. The molecule has 3 aromatic rings. The Labute approximate surface area is 184 Å². The van der Waals surface area contributed by atoms with Gasteiger partial charge in [0.25, 0.3) is 11.1 Å². The first kappa shape index (κ1) is 20.3. The minimum Gasteiger partial charge on any atom is -0.490 e. The van der Waals surface area contributed by atoms with E-state index in [4.69, 9.17) is 16.3 Å². The van der Waals surface area contributed by atoms with Crippen LogP contribution in [0.2, 0.25) is 5.02 Å². The molecule has 0 radical (unpaired) electrons. The van der Waals surface area contributed by atoms with E-state index < -0.39 is 0 Å². The lowest BCUT2D eigenvalue weighted by Gasteiger charge is -2.13. The predicted octanol–water partition coefficient (Wildman–Crippen LogP) is 6.12. The molecule has 0 unspecified atom stereocenters. The van der Waals surface area contributed by atoms with E-state index >= 15 is 0 Å². The Morgan fingerprint density at radius 1 is 0.867 bits per heavy atom. The van der Waals surface area contributed by atoms with Crippen LogP contribution in [0.3, 0.4) is 0 Å². The number of thioether (sulfide) groups is 1. The highest BCUT2D eigenvalue weighted by atomic mass is 35.5. The van der Waals surface area contributed by atoms with E-state index in [-0.39, 0.29) is 24.3 Å². The third kappa shape index (κ3) is 4.58. The number of rotatable bonds is 6. The van der Waals surface area contributed by atoms with E-state index in [1.54, 1.807) is 18.2 Å². The highest BCUT2D eigenvalue weighted by molar-refractivity contribution is 8.18. The van der Waals surface area contributed by atoms with Crippen molar-refractivity contribution in [2.45, 2.75) is 0 Å². The first-order chi connectivity index (χ1) is 14.6. The Morgan fingerprint density at radius 3 is 2.27 bits per heavy atom. The van der Waals surface area contributed by atoms with Gasteiger partial charge in [-0.15, -0.1) is 0 Å². The summed E-state index contributed by atoms with van der Waals surface area (Å²) in [6, 6.07) is 25.0. The highest BCUT2D eigenvalue weighted by Crippen LogP contribution is 2.32. The number of para-hydroxylation sites is 1. The minimum atomic E-state index is -0.306. The second-order valence-corrected chi connectivity index (χ2v) is 8.00. The lowest BCUT2D eigenvalue weighted by Crippen LogP contribution is -2.32. The van der Waals surface area contributed by atoms with E-state index in [9.17, 15) is 9.59 Å². The van der Waals surface area contributed by atoms with Gasteiger partial charge in [0, 0.05) is 0 Å². The topological polar surface area (TPSA) is 46.6 Å². The van der Waals surface area contributed by atoms with Crippen LogP contribution in [0.25, 0.3) is 17.2 Å². The number of benzene rings is 3. The average Bonchev–Trinajstić information content (AvgIpc) is 3.03. The lowest BCUT2D eigenvalue weighted by molar-refractivity contribution is -0.123. The van der Waals surface area contributed by atoms with Crippen molar-refractivity contribution < 1.29 is 14.3 Å². The Bertz CT molecular complexity index is 1100. The fourth-order valence-electron chi connectivity index (χ4n) is 3.06. The molecule has 0 aromatic heterocycles. The number of ether oxygens (including phenoxy) is 1. The summed E-state index contributed by atoms with van der Waals surface area (Å²) in [6.45, 7) is 0.348. The van der Waals surface area contributed by atoms with Crippen molar-refractivity contribution in [3.8, 4) is 16.9 Å². The molecule has 6 heteroatoms. The van der Waals surface area contributed by atoms with Crippen molar-refractivity contribution in [2.24, 2.45) is 0 Å². The summed E-state index contributed by atoms with van der Waals surface area (Å²) in [5.41, 5.74) is 3.09. The third-order valence-corrected chi connectivity index (χ3v) is 5.82. The standard InChI is InChI=1S/C24H18ClNO3S/c25-20-8-4-5-9-21(20)29-15-14-26-23(27)22(30-24(26)28)16-17-10-12-19(13-11-17)18-6-2-1-3-7-18/h1-13,16H,14-15H2/b22-16-. The van der Waals surface area contributed by atoms with Crippen LogP contribution in [0.5, 0.6) is 5.75 Å². The van der Waals surface area contributed by atoms with Crippen LogP contribution in [-0.2, 0) is 4.79 Å². The maximum atomic E-state index is 12.7. The number of hydrogen-bond acceptors (Lipinski definition) is 4. The van der Waals surface area contributed by atoms with Crippen LogP contribution >= 0.6 is 23.4 Å². The monoisotopic (exact) mass is 435 g/mol. The van der Waals surface area contributed by atoms with Gasteiger partial charge in [0.05, 0.1) is 16.5 Å². The fraction of sp³-hybridized carbons (Fsp3) is 0.0833. The summed E-state index contributed by atoms with van der Waals surface area (Å²) in [7, 11) is 0. The quantitative estimate of drug-likeness (QED) is 0.437. The van der Waals surface area contributed by atoms with Crippen molar-refractivity contribution in [2.75, 3.05) is 13.2 Å². The van der Waals surface area contributed by atoms with E-state index in [1.807, 2.05) is 66.7 Å². The maximum Gasteiger partial charge on any atom is 0.293 e. The van der Waals surface area contributed by atoms with Crippen molar-refractivity contribution in [3.63, 3.8) is 0 Å². The minimum absolute atomic E-state index is 0.167. The zero-order valence-electron chi connectivity index (χ0n) is 16.0. The summed E-state index contributed by atoms with van der Waals surface area (Å²) in [5, 5.41) is 0.195. The fourth-order valence-corrected chi connectivity index (χ4v) is 4.11. The summed E-state index contributed by atoms with van der Waals surface area (Å²) < 4.78 is 5.60. The van der Waals surface area contributed by atoms with Gasteiger partial charge in [0.2, 0.25) is 0 Å². The zero-order chi connectivity index (χ0) is 20.9. The number of amides is 2. The molecule has 0 bridgehead atoms. The number of imide groups is 1. The first-order valence-electron chi connectivity index (χ1n) is 9.40. The smallest absolute Gasteiger partial charge is 0.293 e. The molecule has 1 saturated heterocycles. The molecular weight excluding hydrogens is 418 g/mol. The molecule has 1 aliphatic heterocycles. The summed E-state index contributed by atoms with van der Waals surface area (Å²) in [4.78, 5) is 26.5. The normalized spacial score (nSPS) is 15.1. The third-order valence-electron chi connectivity index (χ3n) is 4.60. The van der Waals surface area contributed by atoms with E-state index in [1.165, 1.54) is 4.90 Å². The summed E-state index contributed by atoms with van der Waals surface area (Å²) in [6.07, 6.45) is 1.74. The van der Waals surface area contributed by atoms with Crippen LogP contribution in [0, 0.1) is 0 Å². The molecule has 0 atom stereocenters. The second kappa shape index (κ2) is 9.20. The Kier molecular flexibility index (Phi) is 6.21. The number of carbonyl (C=O) groups is 2. The number of nitrogens with zero attached hydrogens (tertiary/aromatic N) is 1. The molecule has 2 amide bonds. The van der Waals surface area contributed by atoms with Crippen LogP contribution in [0.4, 0.5) is 4.79 Å². The molecule has 0 N–H and O–H groups in total. The first-order valence-corrected chi connectivity index (χ1v) is 10.6. The highest BCUT2D eigenvalue weighted by Gasteiger charge is 2.34. The van der Waals surface area contributed by atoms with Crippen LogP contribution < -0.4 is 4.74 Å².